The third kappa shape index (κ3) is 2.77. The van der Waals surface area contributed by atoms with Gasteiger partial charge in [0.2, 0.25) is 0 Å². The van der Waals surface area contributed by atoms with Gasteiger partial charge < -0.3 is 20.6 Å². The van der Waals surface area contributed by atoms with Crippen LogP contribution in [0.2, 0.25) is 0 Å². The van der Waals surface area contributed by atoms with Crippen LogP contribution in [-0.2, 0) is 6.42 Å². The van der Waals surface area contributed by atoms with Crippen molar-refractivity contribution in [3.05, 3.63) is 29.3 Å². The zero-order valence-electron chi connectivity index (χ0n) is 9.76. The summed E-state index contributed by atoms with van der Waals surface area (Å²) in [5, 5.41) is 30.9. The van der Waals surface area contributed by atoms with Crippen molar-refractivity contribution >= 4 is 0 Å². The summed E-state index contributed by atoms with van der Waals surface area (Å²) in [5.41, 5.74) is 2.32. The van der Waals surface area contributed by atoms with Crippen LogP contribution in [0.25, 0.3) is 0 Å². The molecule has 17 heavy (non-hydrogen) atoms. The average molecular weight is 237 g/mol. The summed E-state index contributed by atoms with van der Waals surface area (Å²) in [6.45, 7) is -0.138. The molecule has 0 radical (unpaired) electrons. The number of aryl methyl sites for hydroxylation is 1. The molecule has 0 spiro atoms. The van der Waals surface area contributed by atoms with Crippen LogP contribution in [0.5, 0.6) is 5.75 Å². The Bertz CT molecular complexity index is 377. The van der Waals surface area contributed by atoms with Gasteiger partial charge in [0.25, 0.3) is 0 Å². The summed E-state index contributed by atoms with van der Waals surface area (Å²) < 4.78 is 0. The zero-order valence-corrected chi connectivity index (χ0v) is 9.76. The molecule has 0 heterocycles. The Balaban J connectivity index is 2.16. The average Bonchev–Trinajstić information content (AvgIpc) is 2.35. The summed E-state index contributed by atoms with van der Waals surface area (Å²) in [5.74, 6) is 0.297. The standard InChI is InChI=1S/C13H19NO3/c15-7-10(8-16)14-13-3-1-2-9-6-11(17)4-5-12(9)13/h4-6,10,13-17H,1-3,7-8H2. The van der Waals surface area contributed by atoms with E-state index in [0.717, 1.165) is 24.8 Å². The van der Waals surface area contributed by atoms with Crippen molar-refractivity contribution in [2.75, 3.05) is 13.2 Å². The van der Waals surface area contributed by atoms with Crippen LogP contribution in [0, 0.1) is 0 Å². The minimum Gasteiger partial charge on any atom is -0.508 e. The molecule has 0 aromatic heterocycles. The van der Waals surface area contributed by atoms with E-state index < -0.39 is 0 Å². The largest absolute Gasteiger partial charge is 0.508 e. The number of aliphatic hydroxyl groups is 2. The Hall–Kier alpha value is -1.10. The van der Waals surface area contributed by atoms with Gasteiger partial charge >= 0.3 is 0 Å². The van der Waals surface area contributed by atoms with Crippen molar-refractivity contribution in [2.45, 2.75) is 31.3 Å². The van der Waals surface area contributed by atoms with Gasteiger partial charge in [-0.2, -0.15) is 0 Å². The van der Waals surface area contributed by atoms with Gasteiger partial charge in [0, 0.05) is 6.04 Å². The second-order valence-corrected chi connectivity index (χ2v) is 4.56. The van der Waals surface area contributed by atoms with Crippen molar-refractivity contribution in [2.24, 2.45) is 0 Å². The predicted molar refractivity (Wildman–Crippen MR) is 64.9 cm³/mol. The van der Waals surface area contributed by atoms with E-state index in [1.54, 1.807) is 12.1 Å². The van der Waals surface area contributed by atoms with Crippen LogP contribution in [0.4, 0.5) is 0 Å². The summed E-state index contributed by atoms with van der Waals surface area (Å²) in [6.07, 6.45) is 3.02. The SMILES string of the molecule is OCC(CO)NC1CCCc2cc(O)ccc21. The third-order valence-corrected chi connectivity index (χ3v) is 3.32. The van der Waals surface area contributed by atoms with Crippen LogP contribution < -0.4 is 5.32 Å². The first-order valence-electron chi connectivity index (χ1n) is 6.04. The van der Waals surface area contributed by atoms with Crippen LogP contribution >= 0.6 is 0 Å². The molecule has 94 valence electrons. The highest BCUT2D eigenvalue weighted by atomic mass is 16.3. The van der Waals surface area contributed by atoms with Gasteiger partial charge in [-0.15, -0.1) is 0 Å². The maximum absolute atomic E-state index is 9.45. The molecule has 4 nitrogen and oxygen atoms in total. The molecule has 1 aliphatic rings. The summed E-state index contributed by atoms with van der Waals surface area (Å²) in [7, 11) is 0. The van der Waals surface area contributed by atoms with E-state index >= 15 is 0 Å². The number of phenols is 1. The smallest absolute Gasteiger partial charge is 0.115 e. The van der Waals surface area contributed by atoms with Crippen molar-refractivity contribution in [1.82, 2.24) is 5.32 Å². The van der Waals surface area contributed by atoms with Crippen LogP contribution in [0.3, 0.4) is 0 Å². The molecule has 4 N–H and O–H groups in total. The van der Waals surface area contributed by atoms with Crippen molar-refractivity contribution in [1.29, 1.82) is 0 Å². The number of benzene rings is 1. The highest BCUT2D eigenvalue weighted by molar-refractivity contribution is 5.38. The highest BCUT2D eigenvalue weighted by Gasteiger charge is 2.22. The molecule has 1 unspecified atom stereocenters. The maximum atomic E-state index is 9.45. The molecular weight excluding hydrogens is 218 g/mol. The monoisotopic (exact) mass is 237 g/mol. The zero-order chi connectivity index (χ0) is 12.3. The topological polar surface area (TPSA) is 72.7 Å². The summed E-state index contributed by atoms with van der Waals surface area (Å²) in [4.78, 5) is 0. The molecule has 1 aromatic rings. The fraction of sp³-hybridized carbons (Fsp3) is 0.538. The number of aromatic hydroxyl groups is 1. The molecule has 0 saturated heterocycles. The molecule has 0 aliphatic heterocycles. The second kappa shape index (κ2) is 5.49. The molecular formula is C13H19NO3. The first-order chi connectivity index (χ1) is 8.24. The fourth-order valence-electron chi connectivity index (χ4n) is 2.42. The Labute approximate surface area is 101 Å². The quantitative estimate of drug-likeness (QED) is 0.622. The molecule has 1 atom stereocenters. The number of phenolic OH excluding ortho intramolecular Hbond substituents is 1. The van der Waals surface area contributed by atoms with E-state index in [4.69, 9.17) is 10.2 Å². The lowest BCUT2D eigenvalue weighted by atomic mass is 9.87. The van der Waals surface area contributed by atoms with Crippen LogP contribution in [-0.4, -0.2) is 34.6 Å². The minimum absolute atomic E-state index is 0.0690. The second-order valence-electron chi connectivity index (χ2n) is 4.56. The van der Waals surface area contributed by atoms with Gasteiger partial charge in [0.05, 0.1) is 19.3 Å². The lowest BCUT2D eigenvalue weighted by Crippen LogP contribution is -2.39. The number of hydrogen-bond donors (Lipinski definition) is 4. The molecule has 0 fully saturated rings. The number of nitrogens with one attached hydrogen (secondary N) is 1. The Morgan fingerprint density at radius 3 is 2.76 bits per heavy atom. The molecule has 0 bridgehead atoms. The number of aliphatic hydroxyl groups excluding tert-OH is 2. The van der Waals surface area contributed by atoms with E-state index in [2.05, 4.69) is 5.32 Å². The molecule has 0 saturated carbocycles. The van der Waals surface area contributed by atoms with E-state index in [9.17, 15) is 5.11 Å². The summed E-state index contributed by atoms with van der Waals surface area (Å²) in [6, 6.07) is 5.29. The van der Waals surface area contributed by atoms with E-state index in [1.807, 2.05) is 6.07 Å². The van der Waals surface area contributed by atoms with E-state index in [1.165, 1.54) is 5.56 Å². The van der Waals surface area contributed by atoms with E-state index in [0.29, 0.717) is 5.75 Å². The third-order valence-electron chi connectivity index (χ3n) is 3.32. The highest BCUT2D eigenvalue weighted by Crippen LogP contribution is 2.32. The van der Waals surface area contributed by atoms with Crippen LogP contribution in [0.15, 0.2) is 18.2 Å². The van der Waals surface area contributed by atoms with Gasteiger partial charge in [-0.25, -0.2) is 0 Å². The number of hydrogen-bond acceptors (Lipinski definition) is 4. The van der Waals surface area contributed by atoms with Gasteiger partial charge in [0.15, 0.2) is 0 Å². The molecule has 1 aliphatic carbocycles. The minimum atomic E-state index is -0.278. The van der Waals surface area contributed by atoms with Crippen molar-refractivity contribution in [3.8, 4) is 5.75 Å². The van der Waals surface area contributed by atoms with E-state index in [-0.39, 0.29) is 25.3 Å². The molecule has 4 heteroatoms. The fourth-order valence-corrected chi connectivity index (χ4v) is 2.42. The first-order valence-corrected chi connectivity index (χ1v) is 6.04. The Morgan fingerprint density at radius 2 is 2.06 bits per heavy atom. The van der Waals surface area contributed by atoms with Gasteiger partial charge in [-0.05, 0) is 42.5 Å². The molecule has 1 aromatic carbocycles. The van der Waals surface area contributed by atoms with Crippen molar-refractivity contribution < 1.29 is 15.3 Å². The van der Waals surface area contributed by atoms with Crippen LogP contribution in [0.1, 0.15) is 30.0 Å². The molecule has 2 rings (SSSR count). The first kappa shape index (κ1) is 12.4. The lowest BCUT2D eigenvalue weighted by Gasteiger charge is -2.29. The van der Waals surface area contributed by atoms with Gasteiger partial charge in [-0.1, -0.05) is 6.07 Å². The maximum Gasteiger partial charge on any atom is 0.115 e. The van der Waals surface area contributed by atoms with Crippen molar-refractivity contribution in [3.63, 3.8) is 0 Å². The number of rotatable bonds is 4. The predicted octanol–water partition coefficient (Wildman–Crippen LogP) is 0.712. The van der Waals surface area contributed by atoms with Gasteiger partial charge in [0.1, 0.15) is 5.75 Å². The summed E-state index contributed by atoms with van der Waals surface area (Å²) >= 11 is 0. The lowest BCUT2D eigenvalue weighted by molar-refractivity contribution is 0.159. The Morgan fingerprint density at radius 1 is 1.29 bits per heavy atom. The molecule has 0 amide bonds. The Kier molecular flexibility index (Phi) is 3.99. The number of fused-ring (bicyclic) bond motifs is 1. The normalized spacial score (nSPS) is 19.4. The van der Waals surface area contributed by atoms with Gasteiger partial charge in [-0.3, -0.25) is 0 Å².